The SMILES string of the molecule is NC1CCCCC1CC(=O)NC1CCCOCC1. The van der Waals surface area contributed by atoms with Crippen LogP contribution in [0.4, 0.5) is 0 Å². The molecule has 4 nitrogen and oxygen atoms in total. The maximum Gasteiger partial charge on any atom is 0.220 e. The van der Waals surface area contributed by atoms with Crippen molar-refractivity contribution >= 4 is 5.91 Å². The van der Waals surface area contributed by atoms with Crippen molar-refractivity contribution in [3.63, 3.8) is 0 Å². The standard InChI is InChI=1S/C14H26N2O2/c15-13-6-2-1-4-11(13)10-14(17)16-12-5-3-8-18-9-7-12/h11-13H,1-10,15H2,(H,16,17). The van der Waals surface area contributed by atoms with Gasteiger partial charge in [-0.1, -0.05) is 12.8 Å². The molecule has 1 aliphatic heterocycles. The molecule has 1 amide bonds. The predicted molar refractivity (Wildman–Crippen MR) is 71.2 cm³/mol. The molecule has 0 aromatic carbocycles. The Hall–Kier alpha value is -0.610. The first kappa shape index (κ1) is 13.8. The van der Waals surface area contributed by atoms with Gasteiger partial charge in [0.05, 0.1) is 0 Å². The third-order valence-corrected chi connectivity index (χ3v) is 4.23. The molecule has 104 valence electrons. The van der Waals surface area contributed by atoms with Crippen molar-refractivity contribution in [2.75, 3.05) is 13.2 Å². The van der Waals surface area contributed by atoms with Gasteiger partial charge in [0, 0.05) is 31.7 Å². The van der Waals surface area contributed by atoms with Crippen LogP contribution in [-0.4, -0.2) is 31.2 Å². The van der Waals surface area contributed by atoms with Crippen LogP contribution in [0, 0.1) is 5.92 Å². The molecule has 3 atom stereocenters. The Morgan fingerprint density at radius 2 is 1.94 bits per heavy atom. The number of carbonyl (C=O) groups is 1. The van der Waals surface area contributed by atoms with Crippen molar-refractivity contribution in [2.24, 2.45) is 11.7 Å². The zero-order chi connectivity index (χ0) is 12.8. The van der Waals surface area contributed by atoms with Crippen molar-refractivity contribution in [1.29, 1.82) is 0 Å². The van der Waals surface area contributed by atoms with Gasteiger partial charge >= 0.3 is 0 Å². The Kier molecular flexibility index (Phi) is 5.45. The van der Waals surface area contributed by atoms with Gasteiger partial charge in [-0.05, 0) is 38.0 Å². The van der Waals surface area contributed by atoms with Crippen LogP contribution >= 0.6 is 0 Å². The highest BCUT2D eigenvalue weighted by Gasteiger charge is 2.25. The highest BCUT2D eigenvalue weighted by Crippen LogP contribution is 2.25. The van der Waals surface area contributed by atoms with Gasteiger partial charge in [0.25, 0.3) is 0 Å². The van der Waals surface area contributed by atoms with E-state index in [4.69, 9.17) is 10.5 Å². The third kappa shape index (κ3) is 4.25. The minimum absolute atomic E-state index is 0.184. The molecule has 3 N–H and O–H groups in total. The van der Waals surface area contributed by atoms with E-state index in [0.29, 0.717) is 18.4 Å². The zero-order valence-corrected chi connectivity index (χ0v) is 11.2. The summed E-state index contributed by atoms with van der Waals surface area (Å²) in [5.74, 6) is 0.574. The first-order chi connectivity index (χ1) is 8.75. The molecule has 3 unspecified atom stereocenters. The summed E-state index contributed by atoms with van der Waals surface area (Å²) in [5, 5.41) is 3.15. The van der Waals surface area contributed by atoms with Gasteiger partial charge in [-0.3, -0.25) is 4.79 Å². The van der Waals surface area contributed by atoms with Gasteiger partial charge in [0.15, 0.2) is 0 Å². The molecule has 2 fully saturated rings. The number of nitrogens with one attached hydrogen (secondary N) is 1. The smallest absolute Gasteiger partial charge is 0.220 e. The topological polar surface area (TPSA) is 64.4 Å². The summed E-state index contributed by atoms with van der Waals surface area (Å²) in [7, 11) is 0. The lowest BCUT2D eigenvalue weighted by Crippen LogP contribution is -2.40. The summed E-state index contributed by atoms with van der Waals surface area (Å²) in [6, 6.07) is 0.529. The van der Waals surface area contributed by atoms with Gasteiger partial charge in [-0.15, -0.1) is 0 Å². The summed E-state index contributed by atoms with van der Waals surface area (Å²) >= 11 is 0. The summed E-state index contributed by atoms with van der Waals surface area (Å²) in [4.78, 5) is 12.0. The van der Waals surface area contributed by atoms with E-state index in [1.807, 2.05) is 0 Å². The third-order valence-electron chi connectivity index (χ3n) is 4.23. The Balaban J connectivity index is 1.73. The number of hydrogen-bond donors (Lipinski definition) is 2. The molecular weight excluding hydrogens is 228 g/mol. The molecular formula is C14H26N2O2. The molecule has 1 heterocycles. The molecule has 0 aromatic rings. The Morgan fingerprint density at radius 1 is 1.11 bits per heavy atom. The maximum absolute atomic E-state index is 12.0. The van der Waals surface area contributed by atoms with E-state index in [0.717, 1.165) is 45.3 Å². The van der Waals surface area contributed by atoms with Crippen LogP contribution in [0.15, 0.2) is 0 Å². The first-order valence-electron chi connectivity index (χ1n) is 7.38. The molecule has 1 aliphatic carbocycles. The molecule has 2 aliphatic rings. The maximum atomic E-state index is 12.0. The molecule has 0 radical (unpaired) electrons. The molecule has 0 spiro atoms. The van der Waals surface area contributed by atoms with Crippen molar-refractivity contribution < 1.29 is 9.53 Å². The van der Waals surface area contributed by atoms with Gasteiger partial charge < -0.3 is 15.8 Å². The molecule has 1 saturated heterocycles. The van der Waals surface area contributed by atoms with Crippen LogP contribution in [-0.2, 0) is 9.53 Å². The lowest BCUT2D eigenvalue weighted by atomic mass is 9.83. The van der Waals surface area contributed by atoms with Crippen LogP contribution in [0.1, 0.15) is 51.4 Å². The van der Waals surface area contributed by atoms with Crippen molar-refractivity contribution in [2.45, 2.75) is 63.5 Å². The van der Waals surface area contributed by atoms with Gasteiger partial charge in [-0.25, -0.2) is 0 Å². The lowest BCUT2D eigenvalue weighted by Gasteiger charge is -2.28. The fourth-order valence-corrected chi connectivity index (χ4v) is 3.06. The van der Waals surface area contributed by atoms with E-state index in [2.05, 4.69) is 5.32 Å². The second-order valence-corrected chi connectivity index (χ2v) is 5.72. The molecule has 0 bridgehead atoms. The number of amides is 1. The van der Waals surface area contributed by atoms with Crippen LogP contribution in [0.3, 0.4) is 0 Å². The molecule has 4 heteroatoms. The first-order valence-corrected chi connectivity index (χ1v) is 7.38. The lowest BCUT2D eigenvalue weighted by molar-refractivity contribution is -0.123. The Bertz CT molecular complexity index is 263. The van der Waals surface area contributed by atoms with Crippen LogP contribution in [0.2, 0.25) is 0 Å². The second-order valence-electron chi connectivity index (χ2n) is 5.72. The van der Waals surface area contributed by atoms with Crippen molar-refractivity contribution in [3.8, 4) is 0 Å². The fraction of sp³-hybridized carbons (Fsp3) is 0.929. The number of rotatable bonds is 3. The van der Waals surface area contributed by atoms with E-state index in [1.54, 1.807) is 0 Å². The average molecular weight is 254 g/mol. The molecule has 0 aromatic heterocycles. The average Bonchev–Trinajstić information content (AvgIpc) is 2.61. The number of carbonyl (C=O) groups excluding carboxylic acids is 1. The molecule has 18 heavy (non-hydrogen) atoms. The highest BCUT2D eigenvalue weighted by molar-refractivity contribution is 5.76. The van der Waals surface area contributed by atoms with Gasteiger partial charge in [0.1, 0.15) is 0 Å². The number of nitrogens with two attached hydrogens (primary N) is 1. The van der Waals surface area contributed by atoms with E-state index >= 15 is 0 Å². The van der Waals surface area contributed by atoms with Crippen LogP contribution < -0.4 is 11.1 Å². The van der Waals surface area contributed by atoms with E-state index in [9.17, 15) is 4.79 Å². The number of ether oxygens (including phenoxy) is 1. The normalized spacial score (nSPS) is 33.7. The molecule has 1 saturated carbocycles. The van der Waals surface area contributed by atoms with Crippen LogP contribution in [0.25, 0.3) is 0 Å². The van der Waals surface area contributed by atoms with E-state index in [-0.39, 0.29) is 11.9 Å². The van der Waals surface area contributed by atoms with Gasteiger partial charge in [0.2, 0.25) is 5.91 Å². The summed E-state index contributed by atoms with van der Waals surface area (Å²) in [6.07, 6.45) is 8.29. The van der Waals surface area contributed by atoms with Crippen LogP contribution in [0.5, 0.6) is 0 Å². The Morgan fingerprint density at radius 3 is 2.78 bits per heavy atom. The van der Waals surface area contributed by atoms with E-state index in [1.165, 1.54) is 12.8 Å². The predicted octanol–water partition coefficient (Wildman–Crippen LogP) is 1.58. The number of hydrogen-bond acceptors (Lipinski definition) is 3. The summed E-state index contributed by atoms with van der Waals surface area (Å²) in [6.45, 7) is 1.60. The minimum Gasteiger partial charge on any atom is -0.381 e. The zero-order valence-electron chi connectivity index (χ0n) is 11.2. The summed E-state index contributed by atoms with van der Waals surface area (Å²) < 4.78 is 5.40. The fourth-order valence-electron chi connectivity index (χ4n) is 3.06. The Labute approximate surface area is 110 Å². The summed E-state index contributed by atoms with van der Waals surface area (Å²) in [5.41, 5.74) is 6.09. The highest BCUT2D eigenvalue weighted by atomic mass is 16.5. The monoisotopic (exact) mass is 254 g/mol. The minimum atomic E-state index is 0.184. The van der Waals surface area contributed by atoms with Crippen molar-refractivity contribution in [3.05, 3.63) is 0 Å². The second kappa shape index (κ2) is 7.10. The quantitative estimate of drug-likeness (QED) is 0.803. The van der Waals surface area contributed by atoms with E-state index < -0.39 is 0 Å². The van der Waals surface area contributed by atoms with Gasteiger partial charge in [-0.2, -0.15) is 0 Å². The largest absolute Gasteiger partial charge is 0.381 e. The molecule has 2 rings (SSSR count). The van der Waals surface area contributed by atoms with Crippen molar-refractivity contribution in [1.82, 2.24) is 5.32 Å².